The van der Waals surface area contributed by atoms with Crippen LogP contribution in [0.1, 0.15) is 11.4 Å². The molecule has 2 aromatic heterocycles. The number of aromatic nitrogens is 4. The topological polar surface area (TPSA) is 72.7 Å². The van der Waals surface area contributed by atoms with E-state index in [1.54, 1.807) is 18.5 Å². The Morgan fingerprint density at radius 1 is 1.43 bits per heavy atom. The number of pyridine rings is 1. The van der Waals surface area contributed by atoms with Crippen molar-refractivity contribution in [2.75, 3.05) is 11.1 Å². The molecule has 2 aromatic rings. The van der Waals surface area contributed by atoms with Crippen molar-refractivity contribution < 1.29 is 18.0 Å². The van der Waals surface area contributed by atoms with Gasteiger partial charge in [0.15, 0.2) is 11.0 Å². The first-order chi connectivity index (χ1) is 10.7. The second kappa shape index (κ2) is 6.75. The molecule has 0 aromatic carbocycles. The molecule has 0 aliphatic heterocycles. The van der Waals surface area contributed by atoms with Gasteiger partial charge in [0.2, 0.25) is 5.91 Å². The standard InChI is InChI=1S/C12H11ClF3N5OS/c1-6-19-20-11(21(6)2)23-5-9(22)18-10-8(13)3-7(4-17-10)12(14,15)16/h3-4H,5H2,1-2H3,(H,17,18,22). The normalized spacial score (nSPS) is 11.6. The molecule has 0 radical (unpaired) electrons. The number of alkyl halides is 3. The third kappa shape index (κ3) is 4.35. The van der Waals surface area contributed by atoms with Crippen LogP contribution in [0.3, 0.4) is 0 Å². The number of hydrogen-bond acceptors (Lipinski definition) is 5. The molecule has 124 valence electrons. The average Bonchev–Trinajstić information content (AvgIpc) is 2.77. The molecular weight excluding hydrogens is 355 g/mol. The predicted octanol–water partition coefficient (Wildman–Crippen LogP) is 2.92. The average molecular weight is 366 g/mol. The second-order valence-corrected chi connectivity index (χ2v) is 5.83. The number of hydrogen-bond donors (Lipinski definition) is 1. The Hall–Kier alpha value is -1.81. The summed E-state index contributed by atoms with van der Waals surface area (Å²) in [5.74, 6) is 0.0925. The van der Waals surface area contributed by atoms with Crippen LogP contribution in [0, 0.1) is 6.92 Å². The summed E-state index contributed by atoms with van der Waals surface area (Å²) < 4.78 is 39.2. The van der Waals surface area contributed by atoms with Crippen LogP contribution in [0.2, 0.25) is 5.02 Å². The molecule has 0 saturated heterocycles. The van der Waals surface area contributed by atoms with Crippen LogP contribution < -0.4 is 5.32 Å². The molecule has 0 atom stereocenters. The Morgan fingerprint density at radius 2 is 2.13 bits per heavy atom. The molecule has 1 N–H and O–H groups in total. The van der Waals surface area contributed by atoms with Gasteiger partial charge in [0.25, 0.3) is 0 Å². The minimum atomic E-state index is -4.54. The molecule has 23 heavy (non-hydrogen) atoms. The Morgan fingerprint density at radius 3 is 2.65 bits per heavy atom. The van der Waals surface area contributed by atoms with Crippen LogP contribution in [-0.4, -0.2) is 31.4 Å². The largest absolute Gasteiger partial charge is 0.417 e. The van der Waals surface area contributed by atoms with Crippen molar-refractivity contribution in [1.82, 2.24) is 19.7 Å². The summed E-state index contributed by atoms with van der Waals surface area (Å²) in [7, 11) is 1.75. The summed E-state index contributed by atoms with van der Waals surface area (Å²) in [6, 6.07) is 0.712. The molecule has 0 bridgehead atoms. The van der Waals surface area contributed by atoms with E-state index in [1.165, 1.54) is 0 Å². The van der Waals surface area contributed by atoms with Crippen LogP contribution in [0.25, 0.3) is 0 Å². The van der Waals surface area contributed by atoms with Crippen molar-refractivity contribution in [3.05, 3.63) is 28.7 Å². The lowest BCUT2D eigenvalue weighted by Gasteiger charge is -2.10. The van der Waals surface area contributed by atoms with E-state index in [4.69, 9.17) is 11.6 Å². The van der Waals surface area contributed by atoms with Crippen LogP contribution in [0.4, 0.5) is 19.0 Å². The minimum absolute atomic E-state index is 0.00892. The number of aryl methyl sites for hydroxylation is 1. The maximum atomic E-state index is 12.5. The van der Waals surface area contributed by atoms with Crippen LogP contribution >= 0.6 is 23.4 Å². The molecule has 0 aliphatic carbocycles. The zero-order chi connectivity index (χ0) is 17.2. The molecule has 0 aliphatic rings. The van der Waals surface area contributed by atoms with E-state index >= 15 is 0 Å². The van der Waals surface area contributed by atoms with Gasteiger partial charge >= 0.3 is 6.18 Å². The first-order valence-corrected chi connectivity index (χ1v) is 7.56. The molecular formula is C12H11ClF3N5OS. The van der Waals surface area contributed by atoms with E-state index in [0.29, 0.717) is 23.2 Å². The number of nitrogens with one attached hydrogen (secondary N) is 1. The summed E-state index contributed by atoms with van der Waals surface area (Å²) in [6.45, 7) is 1.77. The molecule has 1 amide bonds. The van der Waals surface area contributed by atoms with Gasteiger partial charge < -0.3 is 9.88 Å². The van der Waals surface area contributed by atoms with Gasteiger partial charge in [-0.25, -0.2) is 4.98 Å². The Balaban J connectivity index is 1.99. The SMILES string of the molecule is Cc1nnc(SCC(=O)Nc2ncc(C(F)(F)F)cc2Cl)n1C. The predicted molar refractivity (Wildman–Crippen MR) is 79.3 cm³/mol. The van der Waals surface area contributed by atoms with Gasteiger partial charge in [-0.2, -0.15) is 13.2 Å². The second-order valence-electron chi connectivity index (χ2n) is 4.48. The number of rotatable bonds is 4. The third-order valence-electron chi connectivity index (χ3n) is 2.81. The van der Waals surface area contributed by atoms with E-state index in [9.17, 15) is 18.0 Å². The molecule has 0 spiro atoms. The zero-order valence-corrected chi connectivity index (χ0v) is 13.6. The fraction of sp³-hybridized carbons (Fsp3) is 0.333. The third-order valence-corrected chi connectivity index (χ3v) is 4.12. The van der Waals surface area contributed by atoms with Gasteiger partial charge in [-0.3, -0.25) is 4.79 Å². The number of nitrogens with zero attached hydrogens (tertiary/aromatic N) is 4. The summed E-state index contributed by atoms with van der Waals surface area (Å²) in [5.41, 5.74) is -0.982. The number of carbonyl (C=O) groups is 1. The Bertz CT molecular complexity index is 734. The molecule has 0 unspecified atom stereocenters. The van der Waals surface area contributed by atoms with Crippen molar-refractivity contribution in [3.8, 4) is 0 Å². The first kappa shape index (κ1) is 17.5. The highest BCUT2D eigenvalue weighted by Gasteiger charge is 2.31. The van der Waals surface area contributed by atoms with E-state index in [-0.39, 0.29) is 16.6 Å². The van der Waals surface area contributed by atoms with Crippen molar-refractivity contribution >= 4 is 35.1 Å². The summed E-state index contributed by atoms with van der Waals surface area (Å²) >= 11 is 6.85. The van der Waals surface area contributed by atoms with Crippen molar-refractivity contribution in [1.29, 1.82) is 0 Å². The van der Waals surface area contributed by atoms with E-state index in [1.807, 2.05) is 0 Å². The molecule has 0 fully saturated rings. The summed E-state index contributed by atoms with van der Waals surface area (Å²) in [5, 5.41) is 10.3. The minimum Gasteiger partial charge on any atom is -0.309 e. The lowest BCUT2D eigenvalue weighted by molar-refractivity contribution is -0.137. The number of anilines is 1. The quantitative estimate of drug-likeness (QED) is 0.843. The maximum Gasteiger partial charge on any atom is 0.417 e. The van der Waals surface area contributed by atoms with Crippen molar-refractivity contribution in [2.45, 2.75) is 18.3 Å². The first-order valence-electron chi connectivity index (χ1n) is 6.20. The smallest absolute Gasteiger partial charge is 0.309 e. The molecule has 0 saturated carbocycles. The lowest BCUT2D eigenvalue weighted by atomic mass is 10.3. The highest BCUT2D eigenvalue weighted by atomic mass is 35.5. The van der Waals surface area contributed by atoms with Crippen molar-refractivity contribution in [2.24, 2.45) is 7.05 Å². The van der Waals surface area contributed by atoms with Crippen molar-refractivity contribution in [3.63, 3.8) is 0 Å². The number of halogens is 4. The Kier molecular flexibility index (Phi) is 5.15. The van der Waals surface area contributed by atoms with Crippen LogP contribution in [0.15, 0.2) is 17.4 Å². The van der Waals surface area contributed by atoms with E-state index < -0.39 is 17.6 Å². The van der Waals surface area contributed by atoms with Crippen LogP contribution in [-0.2, 0) is 18.0 Å². The zero-order valence-electron chi connectivity index (χ0n) is 12.0. The molecule has 2 rings (SSSR count). The maximum absolute atomic E-state index is 12.5. The van der Waals surface area contributed by atoms with E-state index in [2.05, 4.69) is 20.5 Å². The highest BCUT2D eigenvalue weighted by Crippen LogP contribution is 2.32. The van der Waals surface area contributed by atoms with Gasteiger partial charge in [0.05, 0.1) is 16.3 Å². The number of amides is 1. The highest BCUT2D eigenvalue weighted by molar-refractivity contribution is 7.99. The molecule has 11 heteroatoms. The van der Waals surface area contributed by atoms with Gasteiger partial charge in [-0.1, -0.05) is 23.4 Å². The lowest BCUT2D eigenvalue weighted by Crippen LogP contribution is -2.16. The number of thioether (sulfide) groups is 1. The summed E-state index contributed by atoms with van der Waals surface area (Å²) in [6.07, 6.45) is -3.93. The monoisotopic (exact) mass is 365 g/mol. The van der Waals surface area contributed by atoms with E-state index in [0.717, 1.165) is 11.8 Å². The Labute approximate surface area is 138 Å². The summed E-state index contributed by atoms with van der Waals surface area (Å²) in [4.78, 5) is 15.4. The molecule has 6 nitrogen and oxygen atoms in total. The fourth-order valence-electron chi connectivity index (χ4n) is 1.50. The van der Waals surface area contributed by atoms with Crippen LogP contribution in [0.5, 0.6) is 0 Å². The van der Waals surface area contributed by atoms with Gasteiger partial charge in [0.1, 0.15) is 5.82 Å². The van der Waals surface area contributed by atoms with Gasteiger partial charge in [0, 0.05) is 13.2 Å². The van der Waals surface area contributed by atoms with Gasteiger partial charge in [-0.05, 0) is 13.0 Å². The number of carbonyl (C=O) groups excluding carboxylic acids is 1. The molecule has 2 heterocycles. The fourth-order valence-corrected chi connectivity index (χ4v) is 2.47. The van der Waals surface area contributed by atoms with Gasteiger partial charge in [-0.15, -0.1) is 10.2 Å².